The van der Waals surface area contributed by atoms with Crippen LogP contribution in [0.5, 0.6) is 5.75 Å². The molecule has 1 saturated heterocycles. The van der Waals surface area contributed by atoms with Gasteiger partial charge in [-0.2, -0.15) is 4.31 Å². The molecule has 1 aromatic rings. The van der Waals surface area contributed by atoms with Crippen LogP contribution in [0.15, 0.2) is 23.1 Å². The van der Waals surface area contributed by atoms with E-state index < -0.39 is 10.0 Å². The topological polar surface area (TPSA) is 75.7 Å². The lowest BCUT2D eigenvalue weighted by molar-refractivity contribution is -0.126. The van der Waals surface area contributed by atoms with Gasteiger partial charge in [0.15, 0.2) is 0 Å². The normalized spacial score (nSPS) is 17.1. The van der Waals surface area contributed by atoms with Gasteiger partial charge in [0.1, 0.15) is 5.75 Å². The summed E-state index contributed by atoms with van der Waals surface area (Å²) in [6.45, 7) is 7.42. The molecular weight excluding hydrogens is 376 g/mol. The number of carbonyl (C=O) groups excluding carboxylic acids is 1. The van der Waals surface area contributed by atoms with Gasteiger partial charge in [-0.1, -0.05) is 32.4 Å². The summed E-state index contributed by atoms with van der Waals surface area (Å²) in [5, 5.41) is 3.21. The van der Waals surface area contributed by atoms with Gasteiger partial charge in [0.25, 0.3) is 0 Å². The van der Waals surface area contributed by atoms with E-state index in [0.29, 0.717) is 38.2 Å². The first kappa shape index (κ1) is 21.0. The molecule has 8 heteroatoms. The third-order valence-corrected chi connectivity index (χ3v) is 6.57. The molecule has 1 fully saturated rings. The number of methoxy groups -OCH3 is 1. The molecule has 0 unspecified atom stereocenters. The number of hydrogen-bond donors (Lipinski definition) is 1. The van der Waals surface area contributed by atoms with Gasteiger partial charge >= 0.3 is 0 Å². The van der Waals surface area contributed by atoms with Crippen LogP contribution in [0.4, 0.5) is 0 Å². The number of benzene rings is 1. The van der Waals surface area contributed by atoms with Gasteiger partial charge < -0.3 is 10.1 Å². The molecule has 6 nitrogen and oxygen atoms in total. The van der Waals surface area contributed by atoms with Crippen molar-refractivity contribution in [1.82, 2.24) is 9.62 Å². The minimum Gasteiger partial charge on any atom is -0.495 e. The predicted molar refractivity (Wildman–Crippen MR) is 102 cm³/mol. The first-order chi connectivity index (χ1) is 12.0. The Bertz CT molecular complexity index is 751. The van der Waals surface area contributed by atoms with Crippen molar-refractivity contribution in [3.8, 4) is 5.75 Å². The Morgan fingerprint density at radius 1 is 1.31 bits per heavy atom. The molecular formula is C18H27ClN2O4S. The molecule has 0 saturated carbocycles. The smallest absolute Gasteiger partial charge is 0.243 e. The fourth-order valence-electron chi connectivity index (χ4n) is 2.81. The highest BCUT2D eigenvalue weighted by molar-refractivity contribution is 7.89. The van der Waals surface area contributed by atoms with Crippen molar-refractivity contribution >= 4 is 27.5 Å². The van der Waals surface area contributed by atoms with E-state index in [2.05, 4.69) is 26.1 Å². The van der Waals surface area contributed by atoms with Gasteiger partial charge in [-0.15, -0.1) is 0 Å². The van der Waals surface area contributed by atoms with E-state index in [4.69, 9.17) is 16.3 Å². The Hall–Kier alpha value is -1.31. The van der Waals surface area contributed by atoms with Gasteiger partial charge in [0, 0.05) is 25.6 Å². The molecule has 1 aliphatic heterocycles. The molecule has 1 aromatic carbocycles. The second kappa shape index (κ2) is 8.15. The Labute approximate surface area is 160 Å². The van der Waals surface area contributed by atoms with Gasteiger partial charge in [-0.25, -0.2) is 8.42 Å². The zero-order valence-electron chi connectivity index (χ0n) is 15.7. The molecule has 0 aliphatic carbocycles. The van der Waals surface area contributed by atoms with E-state index in [0.717, 1.165) is 0 Å². The van der Waals surface area contributed by atoms with Crippen LogP contribution in [0.3, 0.4) is 0 Å². The van der Waals surface area contributed by atoms with Crippen LogP contribution in [-0.2, 0) is 14.8 Å². The number of nitrogens with one attached hydrogen (secondary N) is 1. The Balaban J connectivity index is 2.00. The lowest BCUT2D eigenvalue weighted by atomic mass is 9.94. The van der Waals surface area contributed by atoms with Crippen LogP contribution in [-0.4, -0.2) is 45.4 Å². The highest BCUT2D eigenvalue weighted by Gasteiger charge is 2.32. The molecule has 0 aromatic heterocycles. The molecule has 146 valence electrons. The fraction of sp³-hybridized carbons (Fsp3) is 0.611. The van der Waals surface area contributed by atoms with Crippen molar-refractivity contribution in [2.75, 3.05) is 26.7 Å². The first-order valence-corrected chi connectivity index (χ1v) is 10.5. The highest BCUT2D eigenvalue weighted by atomic mass is 35.5. The highest BCUT2D eigenvalue weighted by Crippen LogP contribution is 2.30. The van der Waals surface area contributed by atoms with Gasteiger partial charge in [-0.3, -0.25) is 4.79 Å². The maximum absolute atomic E-state index is 12.8. The zero-order valence-corrected chi connectivity index (χ0v) is 17.3. The van der Waals surface area contributed by atoms with Crippen molar-refractivity contribution < 1.29 is 17.9 Å². The van der Waals surface area contributed by atoms with Crippen molar-refractivity contribution in [2.24, 2.45) is 11.3 Å². The largest absolute Gasteiger partial charge is 0.495 e. The predicted octanol–water partition coefficient (Wildman–Crippen LogP) is 2.91. The van der Waals surface area contributed by atoms with E-state index in [-0.39, 0.29) is 27.2 Å². The quantitative estimate of drug-likeness (QED) is 0.821. The van der Waals surface area contributed by atoms with Crippen LogP contribution in [0, 0.1) is 11.3 Å². The van der Waals surface area contributed by atoms with Gasteiger partial charge in [-0.05, 0) is 36.5 Å². The fourth-order valence-corrected chi connectivity index (χ4v) is 4.63. The Morgan fingerprint density at radius 2 is 1.92 bits per heavy atom. The van der Waals surface area contributed by atoms with E-state index >= 15 is 0 Å². The summed E-state index contributed by atoms with van der Waals surface area (Å²) in [4.78, 5) is 12.4. The molecule has 0 bridgehead atoms. The number of rotatable bonds is 5. The summed E-state index contributed by atoms with van der Waals surface area (Å²) < 4.78 is 32.1. The second-order valence-corrected chi connectivity index (χ2v) is 10.1. The second-order valence-electron chi connectivity index (χ2n) is 7.75. The lowest BCUT2D eigenvalue weighted by Gasteiger charge is -2.31. The number of piperidine rings is 1. The molecule has 1 amide bonds. The summed E-state index contributed by atoms with van der Waals surface area (Å²) in [6.07, 6.45) is 1.03. The summed E-state index contributed by atoms with van der Waals surface area (Å²) in [5.74, 6) is 0.285. The number of hydrogen-bond acceptors (Lipinski definition) is 4. The van der Waals surface area contributed by atoms with Crippen LogP contribution >= 0.6 is 11.6 Å². The maximum Gasteiger partial charge on any atom is 0.243 e. The molecule has 1 heterocycles. The van der Waals surface area contributed by atoms with E-state index in [9.17, 15) is 13.2 Å². The number of halogens is 1. The lowest BCUT2D eigenvalue weighted by Crippen LogP contribution is -2.44. The minimum atomic E-state index is -3.63. The summed E-state index contributed by atoms with van der Waals surface area (Å²) in [5.41, 5.74) is 0.0212. The molecule has 0 atom stereocenters. The van der Waals surface area contributed by atoms with E-state index in [1.807, 2.05) is 0 Å². The van der Waals surface area contributed by atoms with E-state index in [1.165, 1.54) is 23.5 Å². The van der Waals surface area contributed by atoms with Gasteiger partial charge in [0.2, 0.25) is 15.9 Å². The third kappa shape index (κ3) is 5.11. The molecule has 2 rings (SSSR count). The van der Waals surface area contributed by atoms with Crippen molar-refractivity contribution in [1.29, 1.82) is 0 Å². The Morgan fingerprint density at radius 3 is 2.42 bits per heavy atom. The van der Waals surface area contributed by atoms with E-state index in [1.54, 1.807) is 6.07 Å². The zero-order chi connectivity index (χ0) is 19.5. The van der Waals surface area contributed by atoms with Crippen LogP contribution in [0.1, 0.15) is 33.6 Å². The Kier molecular flexibility index (Phi) is 6.58. The number of carbonyl (C=O) groups is 1. The maximum atomic E-state index is 12.8. The number of ether oxygens (including phenoxy) is 1. The minimum absolute atomic E-state index is 0.00413. The number of amides is 1. The average molecular weight is 403 g/mol. The molecule has 0 radical (unpaired) electrons. The van der Waals surface area contributed by atoms with Crippen LogP contribution < -0.4 is 10.1 Å². The van der Waals surface area contributed by atoms with Crippen LogP contribution in [0.2, 0.25) is 5.02 Å². The monoisotopic (exact) mass is 402 g/mol. The molecule has 26 heavy (non-hydrogen) atoms. The standard InChI is InChI=1S/C18H27ClN2O4S/c1-18(2,3)12-20-17(22)13-7-9-21(10-8-13)26(23,24)14-5-6-16(25-4)15(19)11-14/h5-6,11,13H,7-10,12H2,1-4H3,(H,20,22). The summed E-state index contributed by atoms with van der Waals surface area (Å²) in [6, 6.07) is 4.43. The number of sulfonamides is 1. The third-order valence-electron chi connectivity index (χ3n) is 4.38. The number of nitrogens with zero attached hydrogens (tertiary/aromatic N) is 1. The molecule has 1 N–H and O–H groups in total. The van der Waals surface area contributed by atoms with Gasteiger partial charge in [0.05, 0.1) is 17.0 Å². The van der Waals surface area contributed by atoms with Crippen LogP contribution in [0.25, 0.3) is 0 Å². The SMILES string of the molecule is COc1ccc(S(=O)(=O)N2CCC(C(=O)NCC(C)(C)C)CC2)cc1Cl. The summed E-state index contributed by atoms with van der Waals surface area (Å²) >= 11 is 6.05. The molecule has 1 aliphatic rings. The average Bonchev–Trinajstić information content (AvgIpc) is 2.59. The van der Waals surface area contributed by atoms with Crippen molar-refractivity contribution in [2.45, 2.75) is 38.5 Å². The van der Waals surface area contributed by atoms with Crippen molar-refractivity contribution in [3.63, 3.8) is 0 Å². The molecule has 0 spiro atoms. The van der Waals surface area contributed by atoms with Crippen molar-refractivity contribution in [3.05, 3.63) is 23.2 Å². The summed E-state index contributed by atoms with van der Waals surface area (Å²) in [7, 11) is -2.16. The first-order valence-electron chi connectivity index (χ1n) is 8.66.